The van der Waals surface area contributed by atoms with Crippen molar-refractivity contribution in [1.29, 1.82) is 0 Å². The second-order valence-corrected chi connectivity index (χ2v) is 6.07. The van der Waals surface area contributed by atoms with E-state index in [0.717, 1.165) is 12.8 Å². The minimum Gasteiger partial charge on any atom is -0.359 e. The molecule has 0 aliphatic carbocycles. The van der Waals surface area contributed by atoms with Crippen LogP contribution in [0.5, 0.6) is 0 Å². The van der Waals surface area contributed by atoms with E-state index in [1.54, 1.807) is 7.05 Å². The highest BCUT2D eigenvalue weighted by Crippen LogP contribution is 2.07. The van der Waals surface area contributed by atoms with Gasteiger partial charge in [-0.15, -0.1) is 0 Å². The van der Waals surface area contributed by atoms with E-state index in [4.69, 9.17) is 0 Å². The second-order valence-electron chi connectivity index (χ2n) is 6.07. The van der Waals surface area contributed by atoms with Crippen molar-refractivity contribution in [3.63, 3.8) is 0 Å². The highest BCUT2D eigenvalue weighted by Gasteiger charge is 2.05. The summed E-state index contributed by atoms with van der Waals surface area (Å²) in [5.41, 5.74) is 2.47. The zero-order chi connectivity index (χ0) is 18.5. The molecular weight excluding hydrogens is 318 g/mol. The fourth-order valence-corrected chi connectivity index (χ4v) is 2.32. The van der Waals surface area contributed by atoms with Gasteiger partial charge in [-0.3, -0.25) is 14.4 Å². The van der Waals surface area contributed by atoms with Crippen molar-refractivity contribution in [2.24, 2.45) is 0 Å². The van der Waals surface area contributed by atoms with Crippen LogP contribution in [-0.2, 0) is 20.8 Å². The van der Waals surface area contributed by atoms with Crippen LogP contribution in [0.4, 0.5) is 0 Å². The highest BCUT2D eigenvalue weighted by atomic mass is 16.2. The van der Waals surface area contributed by atoms with Crippen LogP contribution in [0.1, 0.15) is 43.2 Å². The van der Waals surface area contributed by atoms with Gasteiger partial charge in [-0.2, -0.15) is 0 Å². The maximum Gasteiger partial charge on any atom is 0.220 e. The van der Waals surface area contributed by atoms with Gasteiger partial charge in [0.05, 0.1) is 0 Å². The summed E-state index contributed by atoms with van der Waals surface area (Å²) >= 11 is 0. The maximum absolute atomic E-state index is 11.7. The number of carbonyl (C=O) groups is 3. The molecule has 0 aliphatic rings. The Balaban J connectivity index is 2.01. The summed E-state index contributed by atoms with van der Waals surface area (Å²) < 4.78 is 0. The van der Waals surface area contributed by atoms with Crippen molar-refractivity contribution < 1.29 is 14.4 Å². The molecular formula is C19H29N3O3. The van der Waals surface area contributed by atoms with Gasteiger partial charge in [0.1, 0.15) is 0 Å². The minimum atomic E-state index is -0.0995. The van der Waals surface area contributed by atoms with Crippen LogP contribution in [-0.4, -0.2) is 37.9 Å². The Morgan fingerprint density at radius 2 is 1.32 bits per heavy atom. The molecule has 138 valence electrons. The van der Waals surface area contributed by atoms with E-state index in [1.165, 1.54) is 11.1 Å². The third-order valence-electron chi connectivity index (χ3n) is 3.85. The molecule has 3 N–H and O–H groups in total. The summed E-state index contributed by atoms with van der Waals surface area (Å²) in [7, 11) is 1.58. The fraction of sp³-hybridized carbons (Fsp3) is 0.526. The molecule has 0 saturated carbocycles. The molecule has 0 heterocycles. The molecule has 1 aromatic carbocycles. The van der Waals surface area contributed by atoms with Crippen molar-refractivity contribution in [3.05, 3.63) is 35.4 Å². The predicted molar refractivity (Wildman–Crippen MR) is 98.1 cm³/mol. The smallest absolute Gasteiger partial charge is 0.220 e. The molecule has 1 rings (SSSR count). The van der Waals surface area contributed by atoms with Gasteiger partial charge in [-0.05, 0) is 31.7 Å². The van der Waals surface area contributed by atoms with Crippen LogP contribution in [0, 0.1) is 6.92 Å². The van der Waals surface area contributed by atoms with Gasteiger partial charge in [0.25, 0.3) is 0 Å². The van der Waals surface area contributed by atoms with Gasteiger partial charge < -0.3 is 16.0 Å². The molecule has 1 aromatic rings. The topological polar surface area (TPSA) is 87.3 Å². The quantitative estimate of drug-likeness (QED) is 0.530. The highest BCUT2D eigenvalue weighted by molar-refractivity contribution is 5.79. The van der Waals surface area contributed by atoms with Gasteiger partial charge in [-0.1, -0.05) is 29.8 Å². The molecule has 6 nitrogen and oxygen atoms in total. The standard InChI is InChI=1S/C19H29N3O3/c1-15-9-11-16(12-10-15)5-3-7-18(24)21-13-14-22-19(25)8-4-6-17(23)20-2/h9-12H,3-8,13-14H2,1-2H3,(H,20,23)(H,21,24)(H,22,25). The average molecular weight is 347 g/mol. The van der Waals surface area contributed by atoms with Gasteiger partial charge in [0.2, 0.25) is 17.7 Å². The summed E-state index contributed by atoms with van der Waals surface area (Å²) in [5, 5.41) is 8.05. The van der Waals surface area contributed by atoms with Crippen LogP contribution in [0.25, 0.3) is 0 Å². The molecule has 0 aliphatic heterocycles. The molecule has 0 fully saturated rings. The van der Waals surface area contributed by atoms with Crippen LogP contribution in [0.15, 0.2) is 24.3 Å². The first-order valence-corrected chi connectivity index (χ1v) is 8.81. The molecule has 6 heteroatoms. The van der Waals surface area contributed by atoms with E-state index in [9.17, 15) is 14.4 Å². The molecule has 0 spiro atoms. The first-order chi connectivity index (χ1) is 12.0. The summed E-state index contributed by atoms with van der Waals surface area (Å²) in [5.74, 6) is -0.163. The molecule has 0 bridgehead atoms. The molecule has 25 heavy (non-hydrogen) atoms. The van der Waals surface area contributed by atoms with Gasteiger partial charge in [0, 0.05) is 39.4 Å². The summed E-state index contributed by atoms with van der Waals surface area (Å²) in [6.45, 7) is 2.88. The zero-order valence-electron chi connectivity index (χ0n) is 15.2. The van der Waals surface area contributed by atoms with Crippen molar-refractivity contribution >= 4 is 17.7 Å². The summed E-state index contributed by atoms with van der Waals surface area (Å²) in [6.07, 6.45) is 3.36. The first-order valence-electron chi connectivity index (χ1n) is 8.81. The fourth-order valence-electron chi connectivity index (χ4n) is 2.32. The van der Waals surface area contributed by atoms with Crippen molar-refractivity contribution in [2.45, 2.75) is 45.4 Å². The van der Waals surface area contributed by atoms with Gasteiger partial charge in [0.15, 0.2) is 0 Å². The SMILES string of the molecule is CNC(=O)CCCC(=O)NCCNC(=O)CCCc1ccc(C)cc1. The second kappa shape index (κ2) is 12.1. The first kappa shape index (κ1) is 20.7. The van der Waals surface area contributed by atoms with Crippen molar-refractivity contribution in [1.82, 2.24) is 16.0 Å². The number of benzene rings is 1. The van der Waals surface area contributed by atoms with Crippen LogP contribution in [0.2, 0.25) is 0 Å². The molecule has 0 saturated heterocycles. The largest absolute Gasteiger partial charge is 0.359 e. The predicted octanol–water partition coefficient (Wildman–Crippen LogP) is 1.47. The Morgan fingerprint density at radius 1 is 0.800 bits per heavy atom. The molecule has 0 radical (unpaired) electrons. The van der Waals surface area contributed by atoms with Crippen LogP contribution in [0.3, 0.4) is 0 Å². The molecule has 0 atom stereocenters. The number of hydrogen-bond donors (Lipinski definition) is 3. The van der Waals surface area contributed by atoms with E-state index in [-0.39, 0.29) is 17.7 Å². The van der Waals surface area contributed by atoms with E-state index in [0.29, 0.717) is 38.8 Å². The number of carbonyl (C=O) groups excluding carboxylic acids is 3. The van der Waals surface area contributed by atoms with E-state index in [2.05, 4.69) is 47.1 Å². The number of rotatable bonds is 11. The maximum atomic E-state index is 11.7. The van der Waals surface area contributed by atoms with Gasteiger partial charge >= 0.3 is 0 Å². The lowest BCUT2D eigenvalue weighted by molar-refractivity contribution is -0.123. The molecule has 0 aromatic heterocycles. The van der Waals surface area contributed by atoms with E-state index in [1.807, 2.05) is 0 Å². The Hall–Kier alpha value is -2.37. The third-order valence-corrected chi connectivity index (χ3v) is 3.85. The number of hydrogen-bond acceptors (Lipinski definition) is 3. The Bertz CT molecular complexity index is 556. The van der Waals surface area contributed by atoms with Crippen molar-refractivity contribution in [3.8, 4) is 0 Å². The minimum absolute atomic E-state index is 0.000905. The Kier molecular flexibility index (Phi) is 9.97. The number of amides is 3. The lowest BCUT2D eigenvalue weighted by Crippen LogP contribution is -2.34. The molecule has 3 amide bonds. The third kappa shape index (κ3) is 10.2. The van der Waals surface area contributed by atoms with E-state index >= 15 is 0 Å². The lowest BCUT2D eigenvalue weighted by atomic mass is 10.1. The van der Waals surface area contributed by atoms with Crippen molar-refractivity contribution in [2.75, 3.05) is 20.1 Å². The van der Waals surface area contributed by atoms with Crippen LogP contribution >= 0.6 is 0 Å². The number of aryl methyl sites for hydroxylation is 2. The van der Waals surface area contributed by atoms with Crippen LogP contribution < -0.4 is 16.0 Å². The normalized spacial score (nSPS) is 10.2. The van der Waals surface area contributed by atoms with Gasteiger partial charge in [-0.25, -0.2) is 0 Å². The summed E-state index contributed by atoms with van der Waals surface area (Å²) in [6, 6.07) is 8.33. The Morgan fingerprint density at radius 3 is 1.88 bits per heavy atom. The monoisotopic (exact) mass is 347 g/mol. The average Bonchev–Trinajstić information content (AvgIpc) is 2.60. The Labute approximate surface area is 149 Å². The lowest BCUT2D eigenvalue weighted by Gasteiger charge is -2.07. The summed E-state index contributed by atoms with van der Waals surface area (Å²) in [4.78, 5) is 34.3. The zero-order valence-corrected chi connectivity index (χ0v) is 15.2. The van der Waals surface area contributed by atoms with E-state index < -0.39 is 0 Å². The number of nitrogens with one attached hydrogen (secondary N) is 3. The molecule has 0 unspecified atom stereocenters.